The fraction of sp³-hybridized carbons (Fsp3) is 0. The predicted molar refractivity (Wildman–Crippen MR) is 74.0 cm³/mol. The van der Waals surface area contributed by atoms with Gasteiger partial charge >= 0.3 is 0 Å². The average Bonchev–Trinajstić information content (AvgIpc) is 2.35. The summed E-state index contributed by atoms with van der Waals surface area (Å²) >= 11 is 15.0. The second-order valence-corrected chi connectivity index (χ2v) is 5.25. The van der Waals surface area contributed by atoms with Gasteiger partial charge in [0.1, 0.15) is 5.82 Å². The molecule has 2 aromatic rings. The minimum absolute atomic E-state index is 0.130. The monoisotopic (exact) mass is 346 g/mol. The van der Waals surface area contributed by atoms with Crippen LogP contribution in [0.1, 0.15) is 15.9 Å². The van der Waals surface area contributed by atoms with Crippen molar-refractivity contribution in [1.82, 2.24) is 0 Å². The third-order valence-corrected chi connectivity index (χ3v) is 3.90. The summed E-state index contributed by atoms with van der Waals surface area (Å²) in [6, 6.07) is 8.41. The molecular weight excluding hydrogens is 342 g/mol. The van der Waals surface area contributed by atoms with E-state index in [0.717, 1.165) is 6.07 Å². The maximum atomic E-state index is 13.1. The first-order chi connectivity index (χ1) is 8.49. The Balaban J connectivity index is 2.47. The van der Waals surface area contributed by atoms with Gasteiger partial charge in [-0.25, -0.2) is 4.39 Å². The van der Waals surface area contributed by atoms with Gasteiger partial charge < -0.3 is 0 Å². The second kappa shape index (κ2) is 5.39. The quantitative estimate of drug-likeness (QED) is 0.688. The number of carbonyl (C=O) groups is 1. The van der Waals surface area contributed by atoms with Gasteiger partial charge in [0.25, 0.3) is 0 Å². The normalized spacial score (nSPS) is 10.4. The highest BCUT2D eigenvalue weighted by Crippen LogP contribution is 2.26. The highest BCUT2D eigenvalue weighted by atomic mass is 79.9. The molecule has 0 unspecified atom stereocenters. The van der Waals surface area contributed by atoms with Crippen molar-refractivity contribution in [2.24, 2.45) is 0 Å². The molecule has 0 amide bonds. The largest absolute Gasteiger partial charge is 0.289 e. The molecule has 0 saturated carbocycles. The molecule has 0 aliphatic heterocycles. The molecule has 0 atom stereocenters. The topological polar surface area (TPSA) is 17.1 Å². The molecular formula is C13H6BrCl2FO. The van der Waals surface area contributed by atoms with E-state index >= 15 is 0 Å². The maximum Gasteiger partial charge on any atom is 0.194 e. The fourth-order valence-electron chi connectivity index (χ4n) is 1.46. The first-order valence-electron chi connectivity index (χ1n) is 4.94. The third-order valence-electron chi connectivity index (χ3n) is 2.35. The Bertz CT molecular complexity index is 628. The van der Waals surface area contributed by atoms with Crippen LogP contribution in [0.25, 0.3) is 0 Å². The van der Waals surface area contributed by atoms with E-state index in [0.29, 0.717) is 15.1 Å². The first kappa shape index (κ1) is 13.5. The Morgan fingerprint density at radius 3 is 2.39 bits per heavy atom. The van der Waals surface area contributed by atoms with Crippen LogP contribution >= 0.6 is 39.1 Å². The molecule has 0 aliphatic carbocycles. The smallest absolute Gasteiger partial charge is 0.194 e. The number of carbonyl (C=O) groups excluding carboxylic acids is 1. The van der Waals surface area contributed by atoms with Crippen LogP contribution in [0, 0.1) is 5.82 Å². The van der Waals surface area contributed by atoms with Crippen LogP contribution in [-0.4, -0.2) is 5.78 Å². The lowest BCUT2D eigenvalue weighted by Crippen LogP contribution is -2.02. The van der Waals surface area contributed by atoms with E-state index in [4.69, 9.17) is 23.2 Å². The van der Waals surface area contributed by atoms with Crippen LogP contribution in [0.15, 0.2) is 40.9 Å². The minimum Gasteiger partial charge on any atom is -0.289 e. The summed E-state index contributed by atoms with van der Waals surface area (Å²) in [5, 5.41) is 0.712. The number of halogens is 4. The zero-order valence-electron chi connectivity index (χ0n) is 8.88. The van der Waals surface area contributed by atoms with E-state index in [-0.39, 0.29) is 16.4 Å². The van der Waals surface area contributed by atoms with E-state index in [1.54, 1.807) is 18.2 Å². The van der Waals surface area contributed by atoms with Crippen molar-refractivity contribution < 1.29 is 9.18 Å². The molecule has 0 radical (unpaired) electrons. The van der Waals surface area contributed by atoms with Crippen LogP contribution in [0.5, 0.6) is 0 Å². The molecule has 18 heavy (non-hydrogen) atoms. The molecule has 0 saturated heterocycles. The van der Waals surface area contributed by atoms with Crippen LogP contribution < -0.4 is 0 Å². The van der Waals surface area contributed by atoms with Crippen molar-refractivity contribution in [3.8, 4) is 0 Å². The van der Waals surface area contributed by atoms with Gasteiger partial charge in [-0.15, -0.1) is 0 Å². The average molecular weight is 348 g/mol. The lowest BCUT2D eigenvalue weighted by Gasteiger charge is -2.05. The lowest BCUT2D eigenvalue weighted by molar-refractivity contribution is 0.103. The standard InChI is InChI=1S/C13H6BrCl2FO/c14-10-5-7(1-3-12(10)16)13(18)9-6-8(17)2-4-11(9)15/h1-6H. The Kier molecular flexibility index (Phi) is 4.05. The van der Waals surface area contributed by atoms with E-state index in [2.05, 4.69) is 15.9 Å². The van der Waals surface area contributed by atoms with Gasteiger partial charge in [0.15, 0.2) is 5.78 Å². The molecule has 2 aromatic carbocycles. The third kappa shape index (κ3) is 2.74. The number of rotatable bonds is 2. The van der Waals surface area contributed by atoms with Gasteiger partial charge in [-0.1, -0.05) is 23.2 Å². The van der Waals surface area contributed by atoms with Gasteiger partial charge in [0.05, 0.1) is 10.0 Å². The van der Waals surface area contributed by atoms with E-state index in [1.165, 1.54) is 12.1 Å². The zero-order valence-corrected chi connectivity index (χ0v) is 12.0. The Morgan fingerprint density at radius 1 is 1.06 bits per heavy atom. The fourth-order valence-corrected chi connectivity index (χ4v) is 2.16. The number of hydrogen-bond donors (Lipinski definition) is 0. The molecule has 0 aromatic heterocycles. The maximum absolute atomic E-state index is 13.1. The molecule has 0 aliphatic rings. The number of hydrogen-bond acceptors (Lipinski definition) is 1. The summed E-state index contributed by atoms with van der Waals surface area (Å²) in [6.07, 6.45) is 0. The molecule has 0 bridgehead atoms. The molecule has 1 nitrogen and oxygen atoms in total. The van der Waals surface area contributed by atoms with Gasteiger partial charge in [0, 0.05) is 15.6 Å². The Labute approximate surface area is 122 Å². The summed E-state index contributed by atoms with van der Waals surface area (Å²) in [5.41, 5.74) is 0.518. The highest BCUT2D eigenvalue weighted by molar-refractivity contribution is 9.10. The first-order valence-corrected chi connectivity index (χ1v) is 6.49. The highest BCUT2D eigenvalue weighted by Gasteiger charge is 2.14. The van der Waals surface area contributed by atoms with Gasteiger partial charge in [-0.05, 0) is 52.3 Å². The van der Waals surface area contributed by atoms with Gasteiger partial charge in [-0.2, -0.15) is 0 Å². The van der Waals surface area contributed by atoms with Crippen LogP contribution in [0.3, 0.4) is 0 Å². The molecule has 0 N–H and O–H groups in total. The zero-order chi connectivity index (χ0) is 13.3. The van der Waals surface area contributed by atoms with Crippen molar-refractivity contribution in [2.45, 2.75) is 0 Å². The number of ketones is 1. The molecule has 0 spiro atoms. The molecule has 2 rings (SSSR count). The van der Waals surface area contributed by atoms with E-state index < -0.39 is 5.82 Å². The van der Waals surface area contributed by atoms with Crippen molar-refractivity contribution in [1.29, 1.82) is 0 Å². The van der Waals surface area contributed by atoms with Gasteiger partial charge in [-0.3, -0.25) is 4.79 Å². The van der Waals surface area contributed by atoms with Crippen molar-refractivity contribution in [3.63, 3.8) is 0 Å². The van der Waals surface area contributed by atoms with E-state index in [1.807, 2.05) is 0 Å². The Morgan fingerprint density at radius 2 is 1.72 bits per heavy atom. The minimum atomic E-state index is -0.504. The van der Waals surface area contributed by atoms with Crippen LogP contribution in [-0.2, 0) is 0 Å². The summed E-state index contributed by atoms with van der Waals surface area (Å²) in [5.74, 6) is -0.854. The van der Waals surface area contributed by atoms with Gasteiger partial charge in [0.2, 0.25) is 0 Å². The summed E-state index contributed by atoms with van der Waals surface area (Å²) in [4.78, 5) is 12.2. The molecule has 92 valence electrons. The molecule has 0 fully saturated rings. The summed E-state index contributed by atoms with van der Waals surface area (Å²) in [7, 11) is 0. The van der Waals surface area contributed by atoms with Crippen molar-refractivity contribution in [3.05, 3.63) is 67.9 Å². The predicted octanol–water partition coefficient (Wildman–Crippen LogP) is 5.13. The van der Waals surface area contributed by atoms with E-state index in [9.17, 15) is 9.18 Å². The summed E-state index contributed by atoms with van der Waals surface area (Å²) < 4.78 is 13.7. The Hall–Kier alpha value is -0.900. The lowest BCUT2D eigenvalue weighted by atomic mass is 10.0. The summed E-state index contributed by atoms with van der Waals surface area (Å²) in [6.45, 7) is 0. The SMILES string of the molecule is O=C(c1ccc(Cl)c(Br)c1)c1cc(F)ccc1Cl. The van der Waals surface area contributed by atoms with Crippen LogP contribution in [0.4, 0.5) is 4.39 Å². The van der Waals surface area contributed by atoms with Crippen molar-refractivity contribution >= 4 is 44.9 Å². The number of benzene rings is 2. The molecule has 0 heterocycles. The second-order valence-electron chi connectivity index (χ2n) is 3.58. The van der Waals surface area contributed by atoms with Crippen molar-refractivity contribution in [2.75, 3.05) is 0 Å². The van der Waals surface area contributed by atoms with Crippen LogP contribution in [0.2, 0.25) is 10.0 Å². The molecule has 5 heteroatoms.